The van der Waals surface area contributed by atoms with Gasteiger partial charge in [-0.15, -0.1) is 24.8 Å². The van der Waals surface area contributed by atoms with Crippen molar-refractivity contribution in [3.8, 4) is 5.75 Å². The molecule has 0 aromatic heterocycles. The van der Waals surface area contributed by atoms with Crippen LogP contribution in [-0.2, 0) is 4.74 Å². The molecule has 2 heterocycles. The number of phenolic OH excluding ortho intramolecular Hbond substituents is 1. The number of nitrogens with one attached hydrogen (secondary N) is 1. The predicted octanol–water partition coefficient (Wildman–Crippen LogP) is 2.50. The SMILES string of the molecule is Cc1ccc(N)c(O)c1[C@H](C1CCOCC1)N1CCNCC1.Cl.Cl. The summed E-state index contributed by atoms with van der Waals surface area (Å²) in [4.78, 5) is 2.51. The summed E-state index contributed by atoms with van der Waals surface area (Å²) in [5.41, 5.74) is 8.61. The molecule has 3 rings (SSSR count). The average Bonchev–Trinajstić information content (AvgIpc) is 2.57. The van der Waals surface area contributed by atoms with E-state index in [-0.39, 0.29) is 36.6 Å². The van der Waals surface area contributed by atoms with Gasteiger partial charge in [0.1, 0.15) is 5.75 Å². The molecule has 2 aliphatic heterocycles. The van der Waals surface area contributed by atoms with Gasteiger partial charge in [0.05, 0.1) is 5.69 Å². The van der Waals surface area contributed by atoms with Crippen molar-refractivity contribution < 1.29 is 9.84 Å². The number of piperazine rings is 1. The van der Waals surface area contributed by atoms with Crippen molar-refractivity contribution in [2.45, 2.75) is 25.8 Å². The topological polar surface area (TPSA) is 70.8 Å². The molecule has 0 bridgehead atoms. The summed E-state index contributed by atoms with van der Waals surface area (Å²) in [5.74, 6) is 0.785. The van der Waals surface area contributed by atoms with Crippen molar-refractivity contribution in [2.75, 3.05) is 45.1 Å². The number of rotatable bonds is 3. The first kappa shape index (κ1) is 21.3. The fourth-order valence-corrected chi connectivity index (χ4v) is 3.81. The summed E-state index contributed by atoms with van der Waals surface area (Å²) in [6.45, 7) is 7.73. The second kappa shape index (κ2) is 9.68. The van der Waals surface area contributed by atoms with Crippen molar-refractivity contribution in [3.63, 3.8) is 0 Å². The first-order valence-corrected chi connectivity index (χ1v) is 8.29. The molecule has 0 aliphatic carbocycles. The molecule has 2 fully saturated rings. The third-order valence-corrected chi connectivity index (χ3v) is 5.02. The highest BCUT2D eigenvalue weighted by Gasteiger charge is 2.34. The molecule has 2 saturated heterocycles. The standard InChI is InChI=1S/C17H27N3O2.2ClH/c1-12-2-3-14(18)17(21)15(12)16(13-4-10-22-11-5-13)20-8-6-19-7-9-20;;/h2-3,13,16,19,21H,4-11,18H2,1H3;2*1H/t16-;;/m0../s1. The van der Waals surface area contributed by atoms with Crippen molar-refractivity contribution >= 4 is 30.5 Å². The van der Waals surface area contributed by atoms with Crippen LogP contribution in [0.5, 0.6) is 5.75 Å². The summed E-state index contributed by atoms with van der Waals surface area (Å²) in [6, 6.07) is 4.06. The molecule has 0 saturated carbocycles. The number of nitrogens with two attached hydrogens (primary N) is 1. The zero-order valence-corrected chi connectivity index (χ0v) is 15.8. The Morgan fingerprint density at radius 2 is 1.83 bits per heavy atom. The molecule has 7 heteroatoms. The molecule has 5 nitrogen and oxygen atoms in total. The number of nitrogen functional groups attached to an aromatic ring is 1. The lowest BCUT2D eigenvalue weighted by Crippen LogP contribution is -2.47. The van der Waals surface area contributed by atoms with Crippen LogP contribution < -0.4 is 11.1 Å². The van der Waals surface area contributed by atoms with E-state index in [0.717, 1.165) is 63.4 Å². The van der Waals surface area contributed by atoms with Gasteiger partial charge >= 0.3 is 0 Å². The molecule has 0 unspecified atom stereocenters. The minimum atomic E-state index is 0. The number of halogens is 2. The molecular weight excluding hydrogens is 349 g/mol. The van der Waals surface area contributed by atoms with Gasteiger partial charge in [-0.3, -0.25) is 4.90 Å². The van der Waals surface area contributed by atoms with Gasteiger partial charge in [-0.2, -0.15) is 0 Å². The van der Waals surface area contributed by atoms with Crippen LogP contribution >= 0.6 is 24.8 Å². The van der Waals surface area contributed by atoms with Crippen LogP contribution in [0, 0.1) is 12.8 Å². The lowest BCUT2D eigenvalue weighted by atomic mass is 9.83. The van der Waals surface area contributed by atoms with E-state index in [9.17, 15) is 5.11 Å². The Kier molecular flexibility index (Phi) is 8.60. The van der Waals surface area contributed by atoms with Crippen LogP contribution in [0.4, 0.5) is 5.69 Å². The van der Waals surface area contributed by atoms with E-state index in [0.29, 0.717) is 11.6 Å². The molecule has 0 radical (unpaired) electrons. The molecule has 1 atom stereocenters. The number of nitrogens with zero attached hydrogens (tertiary/aromatic N) is 1. The number of aromatic hydroxyl groups is 1. The van der Waals surface area contributed by atoms with E-state index in [1.807, 2.05) is 6.07 Å². The quantitative estimate of drug-likeness (QED) is 0.557. The Morgan fingerprint density at radius 1 is 1.21 bits per heavy atom. The molecule has 138 valence electrons. The number of ether oxygens (including phenoxy) is 1. The molecule has 0 amide bonds. The minimum absolute atomic E-state index is 0. The van der Waals surface area contributed by atoms with Crippen LogP contribution in [0.15, 0.2) is 12.1 Å². The summed E-state index contributed by atoms with van der Waals surface area (Å²) in [6.07, 6.45) is 2.09. The molecule has 1 aromatic carbocycles. The van der Waals surface area contributed by atoms with Crippen molar-refractivity contribution in [3.05, 3.63) is 23.3 Å². The number of aryl methyl sites for hydroxylation is 1. The lowest BCUT2D eigenvalue weighted by Gasteiger charge is -2.42. The number of hydrogen-bond acceptors (Lipinski definition) is 5. The summed E-state index contributed by atoms with van der Waals surface area (Å²) in [7, 11) is 0. The highest BCUT2D eigenvalue weighted by molar-refractivity contribution is 5.85. The molecule has 4 N–H and O–H groups in total. The third kappa shape index (κ3) is 4.46. The number of phenols is 1. The smallest absolute Gasteiger partial charge is 0.143 e. The Bertz CT molecular complexity index is 501. The predicted molar refractivity (Wildman–Crippen MR) is 102 cm³/mol. The molecule has 24 heavy (non-hydrogen) atoms. The van der Waals surface area contributed by atoms with Crippen LogP contribution in [0.3, 0.4) is 0 Å². The summed E-state index contributed by atoms with van der Waals surface area (Å²) < 4.78 is 5.54. The van der Waals surface area contributed by atoms with Gasteiger partial charge in [-0.1, -0.05) is 6.07 Å². The molecule has 2 aliphatic rings. The zero-order valence-electron chi connectivity index (χ0n) is 14.2. The number of benzene rings is 1. The van der Waals surface area contributed by atoms with Crippen molar-refractivity contribution in [1.82, 2.24) is 10.2 Å². The van der Waals surface area contributed by atoms with E-state index in [4.69, 9.17) is 10.5 Å². The lowest BCUT2D eigenvalue weighted by molar-refractivity contribution is 0.0205. The Labute approximate surface area is 156 Å². The normalized spacial score (nSPS) is 20.7. The van der Waals surface area contributed by atoms with Gasteiger partial charge < -0.3 is 20.9 Å². The highest BCUT2D eigenvalue weighted by Crippen LogP contribution is 2.42. The summed E-state index contributed by atoms with van der Waals surface area (Å²) >= 11 is 0. The van der Waals surface area contributed by atoms with E-state index in [1.165, 1.54) is 0 Å². The van der Waals surface area contributed by atoms with Crippen LogP contribution in [-0.4, -0.2) is 49.4 Å². The Morgan fingerprint density at radius 3 is 2.46 bits per heavy atom. The zero-order chi connectivity index (χ0) is 15.5. The van der Waals surface area contributed by atoms with E-state index in [2.05, 4.69) is 17.1 Å². The van der Waals surface area contributed by atoms with Gasteiger partial charge in [-0.25, -0.2) is 0 Å². The fraction of sp³-hybridized carbons (Fsp3) is 0.647. The Hall–Kier alpha value is -0.720. The van der Waals surface area contributed by atoms with Crippen molar-refractivity contribution in [1.29, 1.82) is 0 Å². The van der Waals surface area contributed by atoms with Crippen LogP contribution in [0.2, 0.25) is 0 Å². The van der Waals surface area contributed by atoms with Gasteiger partial charge in [-0.05, 0) is 37.3 Å². The molecule has 0 spiro atoms. The maximum Gasteiger partial charge on any atom is 0.143 e. The van der Waals surface area contributed by atoms with Gasteiger partial charge in [0, 0.05) is 51.0 Å². The van der Waals surface area contributed by atoms with Crippen molar-refractivity contribution in [2.24, 2.45) is 5.92 Å². The Balaban J connectivity index is 0.00000144. The monoisotopic (exact) mass is 377 g/mol. The van der Waals surface area contributed by atoms with Crippen LogP contribution in [0.25, 0.3) is 0 Å². The number of hydrogen-bond donors (Lipinski definition) is 3. The molecular formula is C17H29Cl2N3O2. The number of anilines is 1. The maximum atomic E-state index is 10.6. The van der Waals surface area contributed by atoms with E-state index in [1.54, 1.807) is 6.07 Å². The van der Waals surface area contributed by atoms with Gasteiger partial charge in [0.2, 0.25) is 0 Å². The first-order chi connectivity index (χ1) is 10.7. The maximum absolute atomic E-state index is 10.6. The third-order valence-electron chi connectivity index (χ3n) is 5.02. The first-order valence-electron chi connectivity index (χ1n) is 8.29. The second-order valence-electron chi connectivity index (χ2n) is 6.41. The van der Waals surface area contributed by atoms with Crippen LogP contribution in [0.1, 0.15) is 30.0 Å². The minimum Gasteiger partial charge on any atom is -0.505 e. The highest BCUT2D eigenvalue weighted by atomic mass is 35.5. The van der Waals surface area contributed by atoms with Gasteiger partial charge in [0.15, 0.2) is 0 Å². The average molecular weight is 378 g/mol. The van der Waals surface area contributed by atoms with E-state index >= 15 is 0 Å². The molecule has 1 aromatic rings. The van der Waals surface area contributed by atoms with E-state index < -0.39 is 0 Å². The van der Waals surface area contributed by atoms with Gasteiger partial charge in [0.25, 0.3) is 0 Å². The summed E-state index contributed by atoms with van der Waals surface area (Å²) in [5, 5.41) is 14.0. The fourth-order valence-electron chi connectivity index (χ4n) is 3.81. The largest absolute Gasteiger partial charge is 0.505 e. The second-order valence-corrected chi connectivity index (χ2v) is 6.41.